The third-order valence-corrected chi connectivity index (χ3v) is 5.42. The monoisotopic (exact) mass is 422 g/mol. The molecule has 2 heterocycles. The molecule has 0 radical (unpaired) electrons. The van der Waals surface area contributed by atoms with E-state index >= 15 is 0 Å². The molecule has 1 atom stereocenters. The van der Waals surface area contributed by atoms with Crippen LogP contribution in [0.3, 0.4) is 0 Å². The van der Waals surface area contributed by atoms with Crippen molar-refractivity contribution in [3.05, 3.63) is 48.0 Å². The van der Waals surface area contributed by atoms with Gasteiger partial charge in [-0.15, -0.1) is 0 Å². The average Bonchev–Trinajstić information content (AvgIpc) is 3.24. The summed E-state index contributed by atoms with van der Waals surface area (Å²) in [5.41, 5.74) is 3.23. The normalized spacial score (nSPS) is 15.4. The van der Waals surface area contributed by atoms with Crippen LogP contribution in [0.15, 0.2) is 42.5 Å². The average molecular weight is 422 g/mol. The quantitative estimate of drug-likeness (QED) is 0.563. The van der Waals surface area contributed by atoms with Crippen LogP contribution in [-0.2, 0) is 14.3 Å². The molecule has 0 aliphatic carbocycles. The molecule has 2 amide bonds. The van der Waals surface area contributed by atoms with Crippen molar-refractivity contribution in [3.8, 4) is 5.75 Å². The lowest BCUT2D eigenvalue weighted by Gasteiger charge is -2.16. The molecule has 0 bridgehead atoms. The number of amides is 2. The zero-order chi connectivity index (χ0) is 22.0. The molecule has 1 aliphatic heterocycles. The van der Waals surface area contributed by atoms with Crippen molar-refractivity contribution in [2.24, 2.45) is 0 Å². The van der Waals surface area contributed by atoms with Crippen LogP contribution in [0.1, 0.15) is 24.4 Å². The van der Waals surface area contributed by atoms with Crippen LogP contribution >= 0.6 is 0 Å². The van der Waals surface area contributed by atoms with Crippen LogP contribution in [0.5, 0.6) is 5.75 Å². The summed E-state index contributed by atoms with van der Waals surface area (Å²) in [6.07, 6.45) is 0.689. The number of aromatic nitrogens is 2. The molecule has 1 aromatic heterocycles. The molecule has 0 saturated carbocycles. The Bertz CT molecular complexity index is 1120. The molecule has 0 spiro atoms. The van der Waals surface area contributed by atoms with E-state index in [1.165, 1.54) is 0 Å². The van der Waals surface area contributed by atoms with Gasteiger partial charge in [0.2, 0.25) is 11.9 Å². The first-order valence-electron chi connectivity index (χ1n) is 10.2. The number of rotatable bonds is 8. The van der Waals surface area contributed by atoms with E-state index in [1.807, 2.05) is 54.0 Å². The summed E-state index contributed by atoms with van der Waals surface area (Å²) in [5.74, 6) is 0.764. The van der Waals surface area contributed by atoms with Gasteiger partial charge < -0.3 is 14.8 Å². The maximum absolute atomic E-state index is 13.2. The van der Waals surface area contributed by atoms with E-state index in [0.717, 1.165) is 16.6 Å². The summed E-state index contributed by atoms with van der Waals surface area (Å²) in [7, 11) is 3.19. The van der Waals surface area contributed by atoms with Crippen molar-refractivity contribution in [2.75, 3.05) is 37.6 Å². The largest absolute Gasteiger partial charge is 0.495 e. The number of para-hydroxylation sites is 2. The molecule has 2 aromatic carbocycles. The van der Waals surface area contributed by atoms with Gasteiger partial charge in [-0.2, -0.15) is 0 Å². The number of hydrogen-bond donors (Lipinski definition) is 1. The molecule has 31 heavy (non-hydrogen) atoms. The van der Waals surface area contributed by atoms with E-state index in [1.54, 1.807) is 19.1 Å². The number of ether oxygens (including phenoxy) is 2. The van der Waals surface area contributed by atoms with E-state index in [9.17, 15) is 9.59 Å². The number of imidazole rings is 1. The summed E-state index contributed by atoms with van der Waals surface area (Å²) >= 11 is 0. The Balaban J connectivity index is 1.62. The van der Waals surface area contributed by atoms with Crippen LogP contribution in [0.2, 0.25) is 0 Å². The van der Waals surface area contributed by atoms with Gasteiger partial charge in [0.05, 0.1) is 30.3 Å². The lowest BCUT2D eigenvalue weighted by Crippen LogP contribution is -2.32. The molecule has 1 aliphatic rings. The number of benzene rings is 2. The summed E-state index contributed by atoms with van der Waals surface area (Å²) < 4.78 is 12.4. The van der Waals surface area contributed by atoms with Crippen LogP contribution in [0, 0.1) is 6.92 Å². The smallest absolute Gasteiger partial charge is 0.253 e. The fraction of sp³-hybridized carbons (Fsp3) is 0.348. The first kappa shape index (κ1) is 20.9. The second-order valence-corrected chi connectivity index (χ2v) is 7.58. The van der Waals surface area contributed by atoms with Crippen LogP contribution < -0.4 is 15.0 Å². The zero-order valence-electron chi connectivity index (χ0n) is 17.9. The van der Waals surface area contributed by atoms with Crippen molar-refractivity contribution in [1.29, 1.82) is 0 Å². The highest BCUT2D eigenvalue weighted by Crippen LogP contribution is 2.37. The minimum Gasteiger partial charge on any atom is -0.495 e. The maximum Gasteiger partial charge on any atom is 0.253 e. The first-order valence-corrected chi connectivity index (χ1v) is 10.2. The highest BCUT2D eigenvalue weighted by Gasteiger charge is 2.40. The zero-order valence-corrected chi connectivity index (χ0v) is 17.9. The van der Waals surface area contributed by atoms with Gasteiger partial charge in [-0.3, -0.25) is 19.1 Å². The van der Waals surface area contributed by atoms with Crippen LogP contribution in [-0.4, -0.2) is 48.7 Å². The summed E-state index contributed by atoms with van der Waals surface area (Å²) in [5, 5.41) is 2.90. The lowest BCUT2D eigenvalue weighted by molar-refractivity contribution is -0.124. The third kappa shape index (κ3) is 3.98. The summed E-state index contributed by atoms with van der Waals surface area (Å²) in [6.45, 7) is 2.97. The third-order valence-electron chi connectivity index (χ3n) is 5.42. The molecule has 8 heteroatoms. The molecular weight excluding hydrogens is 396 g/mol. The SMILES string of the molecule is COCCCN1C(=O)C(CC(=O)Nc2cc(C)ccc2OC)n2c1nc1ccccc12. The van der Waals surface area contributed by atoms with Crippen LogP contribution in [0.25, 0.3) is 11.0 Å². The number of carbonyl (C=O) groups is 2. The fourth-order valence-electron chi connectivity index (χ4n) is 3.97. The number of carbonyl (C=O) groups excluding carboxylic acids is 2. The Morgan fingerprint density at radius 1 is 1.19 bits per heavy atom. The van der Waals surface area contributed by atoms with Gasteiger partial charge in [0.1, 0.15) is 11.8 Å². The molecule has 4 rings (SSSR count). The van der Waals surface area contributed by atoms with Gasteiger partial charge in [-0.05, 0) is 43.2 Å². The van der Waals surface area contributed by atoms with Crippen molar-refractivity contribution in [2.45, 2.75) is 25.8 Å². The van der Waals surface area contributed by atoms with Crippen molar-refractivity contribution >= 4 is 34.5 Å². The molecule has 1 unspecified atom stereocenters. The Hall–Kier alpha value is -3.39. The summed E-state index contributed by atoms with van der Waals surface area (Å²) in [4.78, 5) is 32.5. The van der Waals surface area contributed by atoms with Crippen LogP contribution in [0.4, 0.5) is 11.6 Å². The van der Waals surface area contributed by atoms with E-state index < -0.39 is 6.04 Å². The van der Waals surface area contributed by atoms with Gasteiger partial charge >= 0.3 is 0 Å². The predicted molar refractivity (Wildman–Crippen MR) is 119 cm³/mol. The Morgan fingerprint density at radius 3 is 2.77 bits per heavy atom. The summed E-state index contributed by atoms with van der Waals surface area (Å²) in [6, 6.07) is 12.6. The molecule has 0 fully saturated rings. The first-order chi connectivity index (χ1) is 15.0. The van der Waals surface area contributed by atoms with Crippen molar-refractivity contribution < 1.29 is 19.1 Å². The standard InChI is InChI=1S/C23H26N4O4/c1-15-9-10-20(31-3)17(13-15)24-21(28)14-19-22(29)26(11-6-12-30-2)23-25-16-7-4-5-8-18(16)27(19)23/h4-5,7-10,13,19H,6,11-12,14H2,1-3H3,(H,24,28). The molecule has 162 valence electrons. The number of nitrogens with zero attached hydrogens (tertiary/aromatic N) is 3. The number of anilines is 2. The minimum atomic E-state index is -0.652. The Kier molecular flexibility index (Phi) is 5.90. The van der Waals surface area contributed by atoms with E-state index in [2.05, 4.69) is 10.3 Å². The highest BCUT2D eigenvalue weighted by molar-refractivity contribution is 6.05. The maximum atomic E-state index is 13.2. The molecular formula is C23H26N4O4. The Morgan fingerprint density at radius 2 is 2.00 bits per heavy atom. The highest BCUT2D eigenvalue weighted by atomic mass is 16.5. The second kappa shape index (κ2) is 8.77. The van der Waals surface area contributed by atoms with Gasteiger partial charge in [-0.1, -0.05) is 18.2 Å². The predicted octanol–water partition coefficient (Wildman–Crippen LogP) is 3.31. The lowest BCUT2D eigenvalue weighted by atomic mass is 10.1. The number of nitrogens with one attached hydrogen (secondary N) is 1. The van der Waals surface area contributed by atoms with Gasteiger partial charge in [0.15, 0.2) is 0 Å². The van der Waals surface area contributed by atoms with E-state index in [-0.39, 0.29) is 18.2 Å². The molecule has 3 aromatic rings. The van der Waals surface area contributed by atoms with E-state index in [0.29, 0.717) is 37.0 Å². The number of methoxy groups -OCH3 is 2. The van der Waals surface area contributed by atoms with Gasteiger partial charge in [-0.25, -0.2) is 4.98 Å². The number of hydrogen-bond acceptors (Lipinski definition) is 5. The second-order valence-electron chi connectivity index (χ2n) is 7.58. The van der Waals surface area contributed by atoms with Crippen molar-refractivity contribution in [3.63, 3.8) is 0 Å². The fourth-order valence-corrected chi connectivity index (χ4v) is 3.97. The van der Waals surface area contributed by atoms with Gasteiger partial charge in [0.25, 0.3) is 5.91 Å². The number of aryl methyl sites for hydroxylation is 1. The van der Waals surface area contributed by atoms with Crippen molar-refractivity contribution in [1.82, 2.24) is 9.55 Å². The topological polar surface area (TPSA) is 85.7 Å². The Labute approximate surface area is 180 Å². The van der Waals surface area contributed by atoms with E-state index in [4.69, 9.17) is 9.47 Å². The molecule has 8 nitrogen and oxygen atoms in total. The minimum absolute atomic E-state index is 0.00403. The van der Waals surface area contributed by atoms with Gasteiger partial charge in [0, 0.05) is 20.3 Å². The molecule has 1 N–H and O–H groups in total. The number of fused-ring (bicyclic) bond motifs is 3. The molecule has 0 saturated heterocycles.